The summed E-state index contributed by atoms with van der Waals surface area (Å²) < 4.78 is 7.25. The molecule has 0 radical (unpaired) electrons. The van der Waals surface area contributed by atoms with Crippen molar-refractivity contribution < 1.29 is 4.74 Å². The number of aromatic nitrogens is 3. The van der Waals surface area contributed by atoms with E-state index in [4.69, 9.17) is 16.3 Å². The van der Waals surface area contributed by atoms with Crippen LogP contribution in [0.15, 0.2) is 59.8 Å². The monoisotopic (exact) mass is 437 g/mol. The smallest absolute Gasteiger partial charge is 0.258 e. The van der Waals surface area contributed by atoms with Crippen LogP contribution in [0.5, 0.6) is 5.75 Å². The fourth-order valence-electron chi connectivity index (χ4n) is 4.36. The van der Waals surface area contributed by atoms with E-state index in [1.807, 2.05) is 12.1 Å². The molecule has 2 atom stereocenters. The molecule has 0 unspecified atom stereocenters. The van der Waals surface area contributed by atoms with Gasteiger partial charge in [-0.05, 0) is 55.6 Å². The molecule has 0 aromatic carbocycles. The Bertz CT molecular complexity index is 1100. The van der Waals surface area contributed by atoms with Crippen molar-refractivity contribution in [1.29, 1.82) is 0 Å². The molecule has 3 aromatic heterocycles. The number of halogens is 1. The minimum absolute atomic E-state index is 0.174. The lowest BCUT2D eigenvalue weighted by Gasteiger charge is -2.35. The zero-order chi connectivity index (χ0) is 21.2. The molecular formula is C23H24ClN5O2. The normalized spacial score (nSPS) is 20.5. The molecule has 3 aromatic rings. The van der Waals surface area contributed by atoms with Gasteiger partial charge in [-0.25, -0.2) is 4.98 Å². The van der Waals surface area contributed by atoms with Gasteiger partial charge in [0.2, 0.25) is 0 Å². The van der Waals surface area contributed by atoms with Crippen molar-refractivity contribution in [2.24, 2.45) is 5.92 Å². The van der Waals surface area contributed by atoms with Crippen molar-refractivity contribution in [3.05, 3.63) is 76.1 Å². The van der Waals surface area contributed by atoms with Crippen molar-refractivity contribution in [1.82, 2.24) is 19.9 Å². The summed E-state index contributed by atoms with van der Waals surface area (Å²) in [6.45, 7) is 3.41. The molecule has 1 N–H and O–H groups in total. The fraction of sp³-hybridized carbons (Fsp3) is 0.348. The van der Waals surface area contributed by atoms with Crippen LogP contribution in [0.2, 0.25) is 5.02 Å². The molecule has 160 valence electrons. The number of piperidine rings is 1. The summed E-state index contributed by atoms with van der Waals surface area (Å²) in [4.78, 5) is 23.8. The molecule has 0 saturated carbocycles. The van der Waals surface area contributed by atoms with Crippen LogP contribution in [0.3, 0.4) is 0 Å². The van der Waals surface area contributed by atoms with Crippen molar-refractivity contribution >= 4 is 17.4 Å². The van der Waals surface area contributed by atoms with Gasteiger partial charge in [0.1, 0.15) is 18.2 Å². The van der Waals surface area contributed by atoms with Gasteiger partial charge in [0.15, 0.2) is 0 Å². The lowest BCUT2D eigenvalue weighted by Crippen LogP contribution is -2.46. The Balaban J connectivity index is 1.25. The quantitative estimate of drug-likeness (QED) is 0.661. The van der Waals surface area contributed by atoms with Crippen LogP contribution in [-0.2, 0) is 6.61 Å². The van der Waals surface area contributed by atoms with Crippen LogP contribution in [0.25, 0.3) is 5.69 Å². The Morgan fingerprint density at radius 2 is 2.06 bits per heavy atom. The standard InChI is InChI=1S/C23H24ClN5O2/c24-17-1-2-18(26-12-17)15-31-20-7-10-29(23(30)11-20)19-3-4-22(27-13-19)28-9-6-16-5-8-25-21(16)14-28/h1-4,7,10-13,16,21,25H,5-6,8-9,14-15H2/t16-,21+/m1/s1. The Labute approximate surface area is 185 Å². The molecule has 2 fully saturated rings. The van der Waals surface area contributed by atoms with Crippen LogP contribution in [0.4, 0.5) is 5.82 Å². The van der Waals surface area contributed by atoms with Gasteiger partial charge in [0.25, 0.3) is 5.56 Å². The second kappa shape index (κ2) is 8.69. The maximum absolute atomic E-state index is 12.6. The van der Waals surface area contributed by atoms with E-state index in [9.17, 15) is 4.79 Å². The Hall–Kier alpha value is -2.90. The van der Waals surface area contributed by atoms with Crippen molar-refractivity contribution in [2.45, 2.75) is 25.5 Å². The molecule has 5 rings (SSSR count). The Kier molecular flexibility index (Phi) is 5.61. The number of hydrogen-bond donors (Lipinski definition) is 1. The third-order valence-corrected chi connectivity index (χ3v) is 6.30. The summed E-state index contributed by atoms with van der Waals surface area (Å²) in [6.07, 6.45) is 7.51. The minimum Gasteiger partial charge on any atom is -0.487 e. The lowest BCUT2D eigenvalue weighted by atomic mass is 9.92. The van der Waals surface area contributed by atoms with Crippen LogP contribution >= 0.6 is 11.6 Å². The second-order valence-electron chi connectivity index (χ2n) is 8.05. The molecule has 2 aliphatic rings. The summed E-state index contributed by atoms with van der Waals surface area (Å²) in [5.41, 5.74) is 1.30. The van der Waals surface area contributed by atoms with Gasteiger partial charge >= 0.3 is 0 Å². The number of fused-ring (bicyclic) bond motifs is 1. The summed E-state index contributed by atoms with van der Waals surface area (Å²) in [7, 11) is 0. The summed E-state index contributed by atoms with van der Waals surface area (Å²) in [5.74, 6) is 2.25. The maximum atomic E-state index is 12.6. The van der Waals surface area contributed by atoms with Gasteiger partial charge in [-0.2, -0.15) is 0 Å². The minimum atomic E-state index is -0.174. The van der Waals surface area contributed by atoms with Crippen LogP contribution < -0.4 is 20.5 Å². The highest BCUT2D eigenvalue weighted by Gasteiger charge is 2.32. The summed E-state index contributed by atoms with van der Waals surface area (Å²) in [5, 5.41) is 4.17. The highest BCUT2D eigenvalue weighted by atomic mass is 35.5. The number of nitrogens with one attached hydrogen (secondary N) is 1. The Morgan fingerprint density at radius 3 is 2.84 bits per heavy atom. The van der Waals surface area contributed by atoms with Crippen LogP contribution in [0.1, 0.15) is 18.5 Å². The molecule has 5 heterocycles. The molecule has 0 aliphatic carbocycles. The first-order valence-electron chi connectivity index (χ1n) is 10.6. The van der Waals surface area contributed by atoms with Crippen molar-refractivity contribution in [3.63, 3.8) is 0 Å². The number of rotatable bonds is 5. The molecule has 2 saturated heterocycles. The first-order valence-corrected chi connectivity index (χ1v) is 10.9. The average Bonchev–Trinajstić information content (AvgIpc) is 3.27. The van der Waals surface area contributed by atoms with Gasteiger partial charge < -0.3 is 15.0 Å². The van der Waals surface area contributed by atoms with E-state index in [0.29, 0.717) is 16.8 Å². The van der Waals surface area contributed by atoms with E-state index in [1.54, 1.807) is 41.4 Å². The maximum Gasteiger partial charge on any atom is 0.258 e. The van der Waals surface area contributed by atoms with E-state index in [0.717, 1.165) is 42.8 Å². The number of anilines is 1. The van der Waals surface area contributed by atoms with E-state index >= 15 is 0 Å². The van der Waals surface area contributed by atoms with Crippen molar-refractivity contribution in [3.8, 4) is 11.4 Å². The van der Waals surface area contributed by atoms with Crippen LogP contribution in [0, 0.1) is 5.92 Å². The van der Waals surface area contributed by atoms with Gasteiger partial charge in [-0.1, -0.05) is 11.6 Å². The zero-order valence-corrected chi connectivity index (χ0v) is 17.8. The van der Waals surface area contributed by atoms with Crippen LogP contribution in [-0.4, -0.2) is 40.2 Å². The number of pyridine rings is 3. The molecule has 0 spiro atoms. The predicted octanol–water partition coefficient (Wildman–Crippen LogP) is 3.05. The molecule has 2 aliphatic heterocycles. The third kappa shape index (κ3) is 4.43. The van der Waals surface area contributed by atoms with Crippen molar-refractivity contribution in [2.75, 3.05) is 24.5 Å². The molecule has 0 bridgehead atoms. The van der Waals surface area contributed by atoms with E-state index in [-0.39, 0.29) is 12.2 Å². The van der Waals surface area contributed by atoms with E-state index in [1.165, 1.54) is 18.9 Å². The number of nitrogens with zero attached hydrogens (tertiary/aromatic N) is 4. The van der Waals surface area contributed by atoms with Gasteiger partial charge in [-0.15, -0.1) is 0 Å². The molecule has 31 heavy (non-hydrogen) atoms. The van der Waals surface area contributed by atoms with E-state index < -0.39 is 0 Å². The molecular weight excluding hydrogens is 414 g/mol. The first kappa shape index (κ1) is 20.0. The van der Waals surface area contributed by atoms with Gasteiger partial charge in [0, 0.05) is 37.6 Å². The topological polar surface area (TPSA) is 72.3 Å². The second-order valence-corrected chi connectivity index (χ2v) is 8.48. The number of hydrogen-bond acceptors (Lipinski definition) is 6. The Morgan fingerprint density at radius 1 is 1.13 bits per heavy atom. The fourth-order valence-corrected chi connectivity index (χ4v) is 4.47. The largest absolute Gasteiger partial charge is 0.487 e. The van der Waals surface area contributed by atoms with E-state index in [2.05, 4.69) is 20.2 Å². The molecule has 0 amide bonds. The average molecular weight is 438 g/mol. The first-order chi connectivity index (χ1) is 15.2. The highest BCUT2D eigenvalue weighted by molar-refractivity contribution is 6.30. The summed E-state index contributed by atoms with van der Waals surface area (Å²) in [6, 6.07) is 11.3. The van der Waals surface area contributed by atoms with Gasteiger partial charge in [0.05, 0.1) is 22.6 Å². The number of ether oxygens (including phenoxy) is 1. The highest BCUT2D eigenvalue weighted by Crippen LogP contribution is 2.27. The lowest BCUT2D eigenvalue weighted by molar-refractivity contribution is 0.300. The predicted molar refractivity (Wildman–Crippen MR) is 120 cm³/mol. The van der Waals surface area contributed by atoms with Gasteiger partial charge in [-0.3, -0.25) is 14.3 Å². The molecule has 7 nitrogen and oxygen atoms in total. The SMILES string of the molecule is O=c1cc(OCc2ccc(Cl)cn2)ccn1-c1ccc(N2CC[C@H]3CCN[C@H]3C2)nc1. The zero-order valence-electron chi connectivity index (χ0n) is 17.1. The molecule has 8 heteroatoms. The third-order valence-electron chi connectivity index (χ3n) is 6.08. The summed E-state index contributed by atoms with van der Waals surface area (Å²) >= 11 is 5.84.